The fourth-order valence-electron chi connectivity index (χ4n) is 4.48. The summed E-state index contributed by atoms with van der Waals surface area (Å²) >= 11 is 0. The predicted octanol–water partition coefficient (Wildman–Crippen LogP) is 2.01. The van der Waals surface area contributed by atoms with Crippen molar-refractivity contribution in [3.63, 3.8) is 0 Å². The lowest BCUT2D eigenvalue weighted by molar-refractivity contribution is -0.253. The van der Waals surface area contributed by atoms with Crippen LogP contribution in [0.15, 0.2) is 0 Å². The van der Waals surface area contributed by atoms with E-state index in [0.717, 1.165) is 19.5 Å². The van der Waals surface area contributed by atoms with Crippen LogP contribution in [0, 0.1) is 17.8 Å². The summed E-state index contributed by atoms with van der Waals surface area (Å²) in [7, 11) is 5.17. The zero-order chi connectivity index (χ0) is 24.5. The van der Waals surface area contributed by atoms with Crippen LogP contribution in [0.1, 0.15) is 61.8 Å². The molecule has 9 nitrogen and oxygen atoms in total. The molecule has 4 heterocycles. The summed E-state index contributed by atoms with van der Waals surface area (Å²) in [5.74, 6) is 1.23. The molecule has 9 heteroatoms. The van der Waals surface area contributed by atoms with Gasteiger partial charge in [-0.2, -0.15) is 0 Å². The van der Waals surface area contributed by atoms with Gasteiger partial charge in [0.15, 0.2) is 0 Å². The number of carbonyl (C=O) groups is 4. The van der Waals surface area contributed by atoms with Crippen molar-refractivity contribution in [2.75, 3.05) is 34.3 Å². The Morgan fingerprint density at radius 1 is 0.909 bits per heavy atom. The van der Waals surface area contributed by atoms with E-state index in [0.29, 0.717) is 12.5 Å². The molecule has 5 unspecified atom stereocenters. The molecule has 4 saturated heterocycles. The second kappa shape index (κ2) is 10.8. The molecule has 0 spiro atoms. The first-order valence-corrected chi connectivity index (χ1v) is 11.5. The number of rotatable bonds is 3. The van der Waals surface area contributed by atoms with E-state index in [2.05, 4.69) is 6.92 Å². The summed E-state index contributed by atoms with van der Waals surface area (Å²) in [5, 5.41) is 1.41. The number of hydrogen-bond donors (Lipinski definition) is 0. The van der Waals surface area contributed by atoms with Gasteiger partial charge < -0.3 is 14.7 Å². The molecule has 0 aliphatic carbocycles. The highest BCUT2D eigenvalue weighted by atomic mass is 16.7. The maximum atomic E-state index is 11.4. The lowest BCUT2D eigenvalue weighted by atomic mass is 9.80. The number of hydroxylamine groups is 2. The summed E-state index contributed by atoms with van der Waals surface area (Å²) in [6, 6.07) is 0.701. The van der Waals surface area contributed by atoms with Crippen molar-refractivity contribution in [1.29, 1.82) is 0 Å². The quantitative estimate of drug-likeness (QED) is 0.591. The normalized spacial score (nSPS) is 32.0. The topological polar surface area (TPSA) is 90.5 Å². The molecule has 4 amide bonds. The third kappa shape index (κ3) is 5.34. The molecule has 4 fully saturated rings. The average molecular weight is 469 g/mol. The lowest BCUT2D eigenvalue weighted by Gasteiger charge is -2.50. The summed E-state index contributed by atoms with van der Waals surface area (Å²) in [6.45, 7) is 13.4. The molecule has 4 aliphatic rings. The smallest absolute Gasteiger partial charge is 0.251 e. The van der Waals surface area contributed by atoms with Crippen molar-refractivity contribution >= 4 is 23.6 Å². The van der Waals surface area contributed by atoms with Gasteiger partial charge in [-0.05, 0) is 27.2 Å². The van der Waals surface area contributed by atoms with E-state index in [4.69, 9.17) is 4.84 Å². The van der Waals surface area contributed by atoms with E-state index in [-0.39, 0.29) is 60.4 Å². The van der Waals surface area contributed by atoms with Crippen molar-refractivity contribution < 1.29 is 24.0 Å². The van der Waals surface area contributed by atoms with Gasteiger partial charge in [-0.1, -0.05) is 28.2 Å². The lowest BCUT2D eigenvalue weighted by Crippen LogP contribution is -2.66. The number of likely N-dealkylation sites (N-methyl/N-ethyl adjacent to an activating group) is 1. The number of likely N-dealkylation sites (tertiary alicyclic amines) is 3. The Balaban J connectivity index is 0.000000255. The van der Waals surface area contributed by atoms with Crippen molar-refractivity contribution in [3.8, 4) is 0 Å². The second-order valence-electron chi connectivity index (χ2n) is 9.92. The molecule has 0 aromatic carbocycles. The second-order valence-corrected chi connectivity index (χ2v) is 9.92. The maximum absolute atomic E-state index is 11.4. The molecule has 0 aromatic heterocycles. The van der Waals surface area contributed by atoms with Crippen LogP contribution in [-0.2, 0) is 24.0 Å². The number of carbonyl (C=O) groups excluding carboxylic acids is 4. The molecule has 4 rings (SSSR count). The van der Waals surface area contributed by atoms with E-state index in [1.807, 2.05) is 53.6 Å². The Morgan fingerprint density at radius 3 is 1.76 bits per heavy atom. The molecule has 0 bridgehead atoms. The SMILES string of the molecule is C.CC1C(=O)N(C)C1C.CC1C(=O)N(C)C1CN1CCCC1=O.CON1C(=O)C(C)C1(C)C. The molecular formula is C24H44N4O5. The fourth-order valence-corrected chi connectivity index (χ4v) is 4.48. The van der Waals surface area contributed by atoms with Crippen LogP contribution in [0.25, 0.3) is 0 Å². The summed E-state index contributed by atoms with van der Waals surface area (Å²) < 4.78 is 0. The molecule has 190 valence electrons. The third-order valence-electron chi connectivity index (χ3n) is 7.80. The van der Waals surface area contributed by atoms with Crippen LogP contribution in [-0.4, -0.2) is 95.3 Å². The van der Waals surface area contributed by atoms with E-state index >= 15 is 0 Å². The molecule has 0 radical (unpaired) electrons. The van der Waals surface area contributed by atoms with Crippen LogP contribution in [0.5, 0.6) is 0 Å². The van der Waals surface area contributed by atoms with E-state index in [1.165, 1.54) is 12.2 Å². The number of β-lactam (4-membered cyclic amide) rings is 3. The predicted molar refractivity (Wildman–Crippen MR) is 127 cm³/mol. The Morgan fingerprint density at radius 2 is 1.45 bits per heavy atom. The molecule has 5 atom stereocenters. The van der Waals surface area contributed by atoms with Crippen LogP contribution >= 0.6 is 0 Å². The van der Waals surface area contributed by atoms with Gasteiger partial charge in [0.25, 0.3) is 5.91 Å². The van der Waals surface area contributed by atoms with Gasteiger partial charge in [0.2, 0.25) is 17.7 Å². The van der Waals surface area contributed by atoms with Gasteiger partial charge in [0.05, 0.1) is 36.4 Å². The first-order valence-electron chi connectivity index (χ1n) is 11.5. The van der Waals surface area contributed by atoms with Gasteiger partial charge in [0, 0.05) is 39.6 Å². The van der Waals surface area contributed by atoms with Crippen LogP contribution < -0.4 is 0 Å². The average Bonchev–Trinajstić information content (AvgIpc) is 3.20. The molecular weight excluding hydrogens is 424 g/mol. The van der Waals surface area contributed by atoms with E-state index < -0.39 is 0 Å². The Bertz CT molecular complexity index is 731. The summed E-state index contributed by atoms with van der Waals surface area (Å²) in [6.07, 6.45) is 1.65. The minimum Gasteiger partial charge on any atom is -0.342 e. The Labute approximate surface area is 199 Å². The maximum Gasteiger partial charge on any atom is 0.251 e. The summed E-state index contributed by atoms with van der Waals surface area (Å²) in [5.41, 5.74) is -0.119. The first-order chi connectivity index (χ1) is 14.8. The number of amides is 4. The van der Waals surface area contributed by atoms with Gasteiger partial charge in [-0.15, -0.1) is 0 Å². The highest BCUT2D eigenvalue weighted by Crippen LogP contribution is 2.36. The highest BCUT2D eigenvalue weighted by molar-refractivity contribution is 5.86. The number of hydrogen-bond acceptors (Lipinski definition) is 5. The zero-order valence-electron chi connectivity index (χ0n) is 21.0. The van der Waals surface area contributed by atoms with Crippen LogP contribution in [0.4, 0.5) is 0 Å². The Hall–Kier alpha value is -2.16. The molecule has 4 aliphatic heterocycles. The fraction of sp³-hybridized carbons (Fsp3) is 0.833. The van der Waals surface area contributed by atoms with E-state index in [1.54, 1.807) is 9.80 Å². The van der Waals surface area contributed by atoms with Gasteiger partial charge in [-0.25, -0.2) is 5.06 Å². The van der Waals surface area contributed by atoms with Crippen molar-refractivity contribution in [2.24, 2.45) is 17.8 Å². The minimum atomic E-state index is -0.119. The van der Waals surface area contributed by atoms with Gasteiger partial charge in [-0.3, -0.25) is 24.0 Å². The highest BCUT2D eigenvalue weighted by Gasteiger charge is 2.52. The van der Waals surface area contributed by atoms with Crippen LogP contribution in [0.2, 0.25) is 0 Å². The number of nitrogens with zero attached hydrogens (tertiary/aromatic N) is 4. The van der Waals surface area contributed by atoms with Crippen molar-refractivity contribution in [2.45, 2.75) is 79.4 Å². The monoisotopic (exact) mass is 468 g/mol. The molecule has 0 aromatic rings. The minimum absolute atomic E-state index is 0. The molecule has 33 heavy (non-hydrogen) atoms. The Kier molecular flexibility index (Phi) is 9.49. The van der Waals surface area contributed by atoms with E-state index in [9.17, 15) is 19.2 Å². The standard InChI is InChI=1S/C10H16N2O2.C7H13NO2.C6H11NO.CH4/c1-7-8(11(2)10(7)14)6-12-5-3-4-9(12)13;1-5-6(9)8(10-4)7(5,2)3;1-4-5(2)7(3)6(4)8;/h7-8H,3-6H2,1-2H3;5H,1-4H3;4-5H,1-3H3;1H4. The van der Waals surface area contributed by atoms with Crippen molar-refractivity contribution in [1.82, 2.24) is 19.8 Å². The van der Waals surface area contributed by atoms with Crippen molar-refractivity contribution in [3.05, 3.63) is 0 Å². The van der Waals surface area contributed by atoms with Crippen LogP contribution in [0.3, 0.4) is 0 Å². The first kappa shape index (κ1) is 28.9. The molecule has 0 saturated carbocycles. The zero-order valence-corrected chi connectivity index (χ0v) is 21.0. The van der Waals surface area contributed by atoms with Gasteiger partial charge in [0.1, 0.15) is 0 Å². The van der Waals surface area contributed by atoms with Gasteiger partial charge >= 0.3 is 0 Å². The molecule has 0 N–H and O–H groups in total. The summed E-state index contributed by atoms with van der Waals surface area (Å²) in [4.78, 5) is 54.6. The largest absolute Gasteiger partial charge is 0.342 e. The third-order valence-corrected chi connectivity index (χ3v) is 7.80.